The highest BCUT2D eigenvalue weighted by Crippen LogP contribution is 2.28. The number of hydrogen-bond donors (Lipinski definition) is 0. The molecule has 0 aromatic rings. The second kappa shape index (κ2) is 13.5. The number of rotatable bonds is 14. The van der Waals surface area contributed by atoms with Crippen LogP contribution < -0.4 is 0 Å². The first-order chi connectivity index (χ1) is 10.5. The second-order valence-electron chi connectivity index (χ2n) is 7.10. The fourth-order valence-electron chi connectivity index (χ4n) is 2.97. The lowest BCUT2D eigenvalue weighted by Crippen LogP contribution is -2.26. The third-order valence-electron chi connectivity index (χ3n) is 4.78. The average molecular weight is 328 g/mol. The van der Waals surface area contributed by atoms with Gasteiger partial charge in [0.2, 0.25) is 0 Å². The third-order valence-corrected chi connectivity index (χ3v) is 5.82. The molecule has 0 spiro atoms. The van der Waals surface area contributed by atoms with Gasteiger partial charge in [0.15, 0.2) is 0 Å². The van der Waals surface area contributed by atoms with Crippen LogP contribution in [0.5, 0.6) is 0 Å². The van der Waals surface area contributed by atoms with Gasteiger partial charge < -0.3 is 0 Å². The number of hydrogen-bond acceptors (Lipinski definition) is 2. The fraction of sp³-hybridized carbons (Fsp3) is 0.950. The minimum absolute atomic E-state index is 0.175. The van der Waals surface area contributed by atoms with E-state index in [9.17, 15) is 0 Å². The summed E-state index contributed by atoms with van der Waals surface area (Å²) >= 11 is 1.91. The number of nitrogens with zero attached hydrogens (tertiary/aromatic N) is 1. The van der Waals surface area contributed by atoms with E-state index in [2.05, 4.69) is 40.9 Å². The summed E-state index contributed by atoms with van der Waals surface area (Å²) in [6, 6.07) is 0. The molecule has 0 bridgehead atoms. The lowest BCUT2D eigenvalue weighted by molar-refractivity contribution is 0.367. The molecule has 2 heteroatoms. The molecule has 0 aliphatic heterocycles. The van der Waals surface area contributed by atoms with Gasteiger partial charge in [-0.3, -0.25) is 4.99 Å². The van der Waals surface area contributed by atoms with Gasteiger partial charge in [-0.25, -0.2) is 0 Å². The Morgan fingerprint density at radius 3 is 1.82 bits per heavy atom. The Morgan fingerprint density at radius 2 is 1.36 bits per heavy atom. The largest absolute Gasteiger partial charge is 0.287 e. The van der Waals surface area contributed by atoms with E-state index in [0.29, 0.717) is 5.25 Å². The summed E-state index contributed by atoms with van der Waals surface area (Å²) in [5.74, 6) is 0. The Kier molecular flexibility index (Phi) is 13.5. The molecule has 0 radical (unpaired) electrons. The van der Waals surface area contributed by atoms with Crippen molar-refractivity contribution in [3.05, 3.63) is 0 Å². The predicted molar refractivity (Wildman–Crippen MR) is 107 cm³/mol. The van der Waals surface area contributed by atoms with Crippen LogP contribution in [0.4, 0.5) is 0 Å². The topological polar surface area (TPSA) is 12.4 Å². The van der Waals surface area contributed by atoms with Gasteiger partial charge in [0.25, 0.3) is 0 Å². The lowest BCUT2D eigenvalue weighted by atomic mass is 9.88. The van der Waals surface area contributed by atoms with E-state index >= 15 is 0 Å². The van der Waals surface area contributed by atoms with Crippen molar-refractivity contribution in [2.45, 2.75) is 116 Å². The summed E-state index contributed by atoms with van der Waals surface area (Å²) in [5.41, 5.74) is 1.51. The van der Waals surface area contributed by atoms with Crippen LogP contribution in [0.1, 0.15) is 105 Å². The van der Waals surface area contributed by atoms with Crippen molar-refractivity contribution in [3.63, 3.8) is 0 Å². The molecule has 0 aromatic carbocycles. The minimum atomic E-state index is 0.175. The van der Waals surface area contributed by atoms with E-state index in [1.54, 1.807) is 0 Å². The maximum Gasteiger partial charge on any atom is 0.0579 e. The van der Waals surface area contributed by atoms with Crippen molar-refractivity contribution in [2.75, 3.05) is 6.26 Å². The van der Waals surface area contributed by atoms with Crippen molar-refractivity contribution in [3.8, 4) is 0 Å². The smallest absolute Gasteiger partial charge is 0.0579 e. The van der Waals surface area contributed by atoms with E-state index in [4.69, 9.17) is 4.99 Å². The van der Waals surface area contributed by atoms with Gasteiger partial charge in [0.05, 0.1) is 5.54 Å². The molecule has 0 heterocycles. The van der Waals surface area contributed by atoms with Crippen LogP contribution in [0, 0.1) is 0 Å². The molecule has 132 valence electrons. The van der Waals surface area contributed by atoms with Crippen LogP contribution in [0.15, 0.2) is 4.99 Å². The highest BCUT2D eigenvalue weighted by atomic mass is 32.2. The highest BCUT2D eigenvalue weighted by molar-refractivity contribution is 7.99. The molecule has 2 atom stereocenters. The number of thioether (sulfide) groups is 1. The van der Waals surface area contributed by atoms with Crippen molar-refractivity contribution >= 4 is 17.5 Å². The summed E-state index contributed by atoms with van der Waals surface area (Å²) < 4.78 is 0. The van der Waals surface area contributed by atoms with Gasteiger partial charge in [-0.2, -0.15) is 11.8 Å². The highest BCUT2D eigenvalue weighted by Gasteiger charge is 2.23. The molecule has 22 heavy (non-hydrogen) atoms. The molecule has 0 aromatic heterocycles. The van der Waals surface area contributed by atoms with Crippen LogP contribution in [0.2, 0.25) is 0 Å². The zero-order chi connectivity index (χ0) is 16.8. The average Bonchev–Trinajstić information content (AvgIpc) is 2.50. The SMILES string of the molecule is CCCCCCCC(C)(CCCCCC)N=C(C)C(C)SC. The van der Waals surface area contributed by atoms with Gasteiger partial charge in [0.1, 0.15) is 0 Å². The van der Waals surface area contributed by atoms with Crippen molar-refractivity contribution in [2.24, 2.45) is 4.99 Å². The molecule has 0 N–H and O–H groups in total. The maximum absolute atomic E-state index is 5.19. The van der Waals surface area contributed by atoms with Crippen molar-refractivity contribution in [1.29, 1.82) is 0 Å². The quantitative estimate of drug-likeness (QED) is 0.241. The van der Waals surface area contributed by atoms with Gasteiger partial charge in [-0.1, -0.05) is 71.6 Å². The van der Waals surface area contributed by atoms with Crippen molar-refractivity contribution in [1.82, 2.24) is 0 Å². The molecule has 0 saturated heterocycles. The Morgan fingerprint density at radius 1 is 0.909 bits per heavy atom. The zero-order valence-electron chi connectivity index (χ0n) is 16.2. The molecule has 2 unspecified atom stereocenters. The van der Waals surface area contributed by atoms with Crippen LogP contribution in [0.25, 0.3) is 0 Å². The maximum atomic E-state index is 5.19. The number of aliphatic imine (C=N–C) groups is 1. The molecular formula is C20H41NS. The molecule has 0 rings (SSSR count). The molecule has 0 amide bonds. The van der Waals surface area contributed by atoms with Crippen LogP contribution in [0.3, 0.4) is 0 Å². The molecule has 0 saturated carbocycles. The monoisotopic (exact) mass is 327 g/mol. The van der Waals surface area contributed by atoms with Gasteiger partial charge in [-0.15, -0.1) is 0 Å². The lowest BCUT2D eigenvalue weighted by Gasteiger charge is -2.28. The second-order valence-corrected chi connectivity index (χ2v) is 8.28. The van der Waals surface area contributed by atoms with Crippen molar-refractivity contribution < 1.29 is 0 Å². The minimum Gasteiger partial charge on any atom is -0.287 e. The van der Waals surface area contributed by atoms with Gasteiger partial charge in [0, 0.05) is 11.0 Å². The molecular weight excluding hydrogens is 286 g/mol. The normalized spacial score (nSPS) is 16.5. The van der Waals surface area contributed by atoms with Crippen LogP contribution in [-0.2, 0) is 0 Å². The summed E-state index contributed by atoms with van der Waals surface area (Å²) in [6.07, 6.45) is 16.9. The summed E-state index contributed by atoms with van der Waals surface area (Å²) in [6.45, 7) is 11.5. The third kappa shape index (κ3) is 10.7. The van der Waals surface area contributed by atoms with E-state index in [1.807, 2.05) is 11.8 Å². The molecule has 0 aliphatic rings. The van der Waals surface area contributed by atoms with E-state index < -0.39 is 0 Å². The standard InChI is InChI=1S/C20H41NS/c1-7-9-11-13-15-17-20(5,16-14-12-10-8-2)21-18(3)19(4)22-6/h19H,7-17H2,1-6H3. The fourth-order valence-corrected chi connectivity index (χ4v) is 3.36. The Bertz CT molecular complexity index is 287. The Hall–Kier alpha value is 0.0200. The predicted octanol–water partition coefficient (Wildman–Crippen LogP) is 7.29. The summed E-state index contributed by atoms with van der Waals surface area (Å²) in [7, 11) is 0. The molecule has 0 aliphatic carbocycles. The van der Waals surface area contributed by atoms with E-state index in [-0.39, 0.29) is 5.54 Å². The molecule has 1 nitrogen and oxygen atoms in total. The Labute approximate surface area is 145 Å². The first kappa shape index (κ1) is 22.0. The summed E-state index contributed by atoms with van der Waals surface area (Å²) in [5, 5.41) is 0.551. The Balaban J connectivity index is 4.52. The van der Waals surface area contributed by atoms with E-state index in [1.165, 1.54) is 76.3 Å². The van der Waals surface area contributed by atoms with Gasteiger partial charge in [-0.05, 0) is 39.9 Å². The van der Waals surface area contributed by atoms with Crippen LogP contribution >= 0.6 is 11.8 Å². The van der Waals surface area contributed by atoms with Crippen LogP contribution in [-0.4, -0.2) is 22.8 Å². The number of unbranched alkanes of at least 4 members (excludes halogenated alkanes) is 7. The zero-order valence-corrected chi connectivity index (χ0v) is 17.0. The summed E-state index contributed by atoms with van der Waals surface area (Å²) in [4.78, 5) is 5.19. The van der Waals surface area contributed by atoms with E-state index in [0.717, 1.165) is 0 Å². The first-order valence-corrected chi connectivity index (χ1v) is 10.9. The van der Waals surface area contributed by atoms with Gasteiger partial charge >= 0.3 is 0 Å². The molecule has 0 fully saturated rings. The first-order valence-electron chi connectivity index (χ1n) is 9.58.